The van der Waals surface area contributed by atoms with Crippen molar-refractivity contribution in [3.8, 4) is 23.1 Å². The number of fused-ring (bicyclic) bond motifs is 1. The van der Waals surface area contributed by atoms with E-state index in [2.05, 4.69) is 16.9 Å². The van der Waals surface area contributed by atoms with Crippen molar-refractivity contribution in [2.75, 3.05) is 6.61 Å². The molecule has 5 nitrogen and oxygen atoms in total. The molecule has 28 heavy (non-hydrogen) atoms. The molecule has 142 valence electrons. The third kappa shape index (κ3) is 3.56. The van der Waals surface area contributed by atoms with Crippen LogP contribution in [-0.2, 0) is 0 Å². The predicted octanol–water partition coefficient (Wildman–Crippen LogP) is 5.87. The molecule has 1 N–H and O–H groups in total. The number of para-hydroxylation sites is 1. The number of ether oxygens (including phenoxy) is 1. The van der Waals surface area contributed by atoms with Gasteiger partial charge in [-0.15, -0.1) is 0 Å². The summed E-state index contributed by atoms with van der Waals surface area (Å²) in [7, 11) is 0. The maximum Gasteiger partial charge on any atom is 0.310 e. The van der Waals surface area contributed by atoms with E-state index in [-0.39, 0.29) is 5.95 Å². The van der Waals surface area contributed by atoms with Crippen molar-refractivity contribution in [1.29, 1.82) is 0 Å². The second-order valence-electron chi connectivity index (χ2n) is 6.71. The van der Waals surface area contributed by atoms with Crippen LogP contribution in [0.2, 0.25) is 0 Å². The van der Waals surface area contributed by atoms with E-state index in [0.29, 0.717) is 18.2 Å². The van der Waals surface area contributed by atoms with Crippen LogP contribution in [0.4, 0.5) is 5.69 Å². The molecule has 1 aromatic heterocycles. The molecule has 0 spiro atoms. The Morgan fingerprint density at radius 2 is 1.89 bits per heavy atom. The van der Waals surface area contributed by atoms with Gasteiger partial charge in [-0.1, -0.05) is 31.5 Å². The van der Waals surface area contributed by atoms with Crippen molar-refractivity contribution in [3.63, 3.8) is 0 Å². The second-order valence-corrected chi connectivity index (χ2v) is 6.71. The maximum atomic E-state index is 10.2. The number of unbranched alkanes of at least 4 members (excludes halogenated alkanes) is 1. The molecule has 0 aliphatic carbocycles. The molecule has 1 aliphatic rings. The standard InChI is InChI=1S/C23H22N2O3/c1-3-4-13-27-17-11-9-16(10-12-17)22-25-21(23(26)28-22)14-19-15(2)24-20-8-6-5-7-18(19)20/h5-12,14,26H,3-4,13H2,1-2H3/b19-14-. The van der Waals surface area contributed by atoms with E-state index >= 15 is 0 Å². The Kier molecular flexibility index (Phi) is 4.98. The van der Waals surface area contributed by atoms with Gasteiger partial charge in [0.2, 0.25) is 5.89 Å². The Morgan fingerprint density at radius 1 is 1.11 bits per heavy atom. The third-order valence-electron chi connectivity index (χ3n) is 4.66. The lowest BCUT2D eigenvalue weighted by atomic mass is 10.0. The van der Waals surface area contributed by atoms with Gasteiger partial charge in [0, 0.05) is 22.4 Å². The van der Waals surface area contributed by atoms with E-state index in [4.69, 9.17) is 9.15 Å². The van der Waals surface area contributed by atoms with Gasteiger partial charge in [0.25, 0.3) is 0 Å². The van der Waals surface area contributed by atoms with Gasteiger partial charge in [-0.2, -0.15) is 0 Å². The van der Waals surface area contributed by atoms with Crippen molar-refractivity contribution in [2.45, 2.75) is 26.7 Å². The minimum absolute atomic E-state index is 0.206. The van der Waals surface area contributed by atoms with Crippen LogP contribution in [0, 0.1) is 0 Å². The number of aromatic nitrogens is 1. The zero-order valence-electron chi connectivity index (χ0n) is 16.0. The molecule has 1 aliphatic heterocycles. The van der Waals surface area contributed by atoms with Crippen LogP contribution in [0.25, 0.3) is 23.1 Å². The fourth-order valence-corrected chi connectivity index (χ4v) is 3.12. The van der Waals surface area contributed by atoms with Crippen molar-refractivity contribution in [1.82, 2.24) is 4.98 Å². The SMILES string of the molecule is CCCCOc1ccc(-c2nc(/C=C3/C(C)=Nc4ccccc43)c(O)o2)cc1. The Labute approximate surface area is 164 Å². The lowest BCUT2D eigenvalue weighted by Gasteiger charge is -2.05. The van der Waals surface area contributed by atoms with Crippen LogP contribution in [-0.4, -0.2) is 22.4 Å². The average molecular weight is 374 g/mol. The van der Waals surface area contributed by atoms with E-state index < -0.39 is 0 Å². The average Bonchev–Trinajstić information content (AvgIpc) is 3.23. The highest BCUT2D eigenvalue weighted by Gasteiger charge is 2.20. The summed E-state index contributed by atoms with van der Waals surface area (Å²) in [5.41, 5.74) is 4.94. The van der Waals surface area contributed by atoms with Crippen LogP contribution < -0.4 is 4.74 Å². The van der Waals surface area contributed by atoms with Gasteiger partial charge in [0.15, 0.2) is 0 Å². The van der Waals surface area contributed by atoms with Crippen molar-refractivity contribution in [3.05, 3.63) is 59.8 Å². The smallest absolute Gasteiger partial charge is 0.310 e. The number of nitrogens with zero attached hydrogens (tertiary/aromatic N) is 2. The molecule has 0 saturated heterocycles. The molecule has 5 heteroatoms. The molecule has 4 rings (SSSR count). The Balaban J connectivity index is 1.59. The summed E-state index contributed by atoms with van der Waals surface area (Å²) in [4.78, 5) is 9.03. The number of aliphatic imine (C=N–C) groups is 1. The topological polar surface area (TPSA) is 67.9 Å². The molecule has 0 bridgehead atoms. The Hall–Kier alpha value is -3.34. The molecule has 0 fully saturated rings. The number of hydrogen-bond donors (Lipinski definition) is 1. The van der Waals surface area contributed by atoms with E-state index in [1.165, 1.54) is 0 Å². The summed E-state index contributed by atoms with van der Waals surface area (Å²) in [6.45, 7) is 4.78. The number of aromatic hydroxyl groups is 1. The van der Waals surface area contributed by atoms with Gasteiger partial charge in [-0.05, 0) is 49.8 Å². The van der Waals surface area contributed by atoms with Gasteiger partial charge in [-0.25, -0.2) is 4.98 Å². The number of allylic oxidation sites excluding steroid dienone is 1. The largest absolute Gasteiger partial charge is 0.494 e. The summed E-state index contributed by atoms with van der Waals surface area (Å²) in [5, 5.41) is 10.2. The summed E-state index contributed by atoms with van der Waals surface area (Å²) in [5.74, 6) is 0.970. The van der Waals surface area contributed by atoms with E-state index in [1.807, 2.05) is 61.5 Å². The van der Waals surface area contributed by atoms with E-state index in [9.17, 15) is 5.11 Å². The normalized spacial score (nSPS) is 14.2. The van der Waals surface area contributed by atoms with Crippen molar-refractivity contribution in [2.24, 2.45) is 4.99 Å². The van der Waals surface area contributed by atoms with Crippen LogP contribution in [0.5, 0.6) is 11.7 Å². The zero-order chi connectivity index (χ0) is 19.5. The first-order valence-electron chi connectivity index (χ1n) is 9.45. The molecule has 0 amide bonds. The lowest BCUT2D eigenvalue weighted by Crippen LogP contribution is -1.95. The molecular formula is C23H22N2O3. The zero-order valence-corrected chi connectivity index (χ0v) is 16.0. The van der Waals surface area contributed by atoms with E-state index in [1.54, 1.807) is 0 Å². The summed E-state index contributed by atoms with van der Waals surface area (Å²) < 4.78 is 11.2. The highest BCUT2D eigenvalue weighted by molar-refractivity contribution is 6.31. The quantitative estimate of drug-likeness (QED) is 0.548. The predicted molar refractivity (Wildman–Crippen MR) is 111 cm³/mol. The van der Waals surface area contributed by atoms with Crippen LogP contribution in [0.1, 0.15) is 37.9 Å². The number of rotatable bonds is 6. The monoisotopic (exact) mass is 374 g/mol. The first-order valence-corrected chi connectivity index (χ1v) is 9.45. The summed E-state index contributed by atoms with van der Waals surface area (Å²) >= 11 is 0. The number of benzene rings is 2. The highest BCUT2D eigenvalue weighted by atomic mass is 16.5. The fraction of sp³-hybridized carbons (Fsp3) is 0.217. The minimum atomic E-state index is -0.206. The molecule has 3 aromatic rings. The number of hydrogen-bond acceptors (Lipinski definition) is 5. The van der Waals surface area contributed by atoms with Crippen LogP contribution >= 0.6 is 0 Å². The molecule has 2 aromatic carbocycles. The van der Waals surface area contributed by atoms with Gasteiger partial charge >= 0.3 is 5.95 Å². The van der Waals surface area contributed by atoms with Gasteiger partial charge in [0.1, 0.15) is 11.4 Å². The third-order valence-corrected chi connectivity index (χ3v) is 4.66. The van der Waals surface area contributed by atoms with Crippen molar-refractivity contribution >= 4 is 23.0 Å². The lowest BCUT2D eigenvalue weighted by molar-refractivity contribution is 0.309. The Morgan fingerprint density at radius 3 is 2.68 bits per heavy atom. The molecule has 2 heterocycles. The molecule has 0 saturated carbocycles. The summed E-state index contributed by atoms with van der Waals surface area (Å²) in [6.07, 6.45) is 3.94. The van der Waals surface area contributed by atoms with Gasteiger partial charge in [0.05, 0.1) is 12.3 Å². The van der Waals surface area contributed by atoms with Crippen molar-refractivity contribution < 1.29 is 14.3 Å². The van der Waals surface area contributed by atoms with Gasteiger partial charge in [-0.3, -0.25) is 4.99 Å². The first-order chi connectivity index (χ1) is 13.7. The number of oxazole rings is 1. The molecule has 0 unspecified atom stereocenters. The molecular weight excluding hydrogens is 352 g/mol. The second kappa shape index (κ2) is 7.72. The highest BCUT2D eigenvalue weighted by Crippen LogP contribution is 2.37. The Bertz CT molecular complexity index is 1050. The van der Waals surface area contributed by atoms with E-state index in [0.717, 1.165) is 46.7 Å². The minimum Gasteiger partial charge on any atom is -0.494 e. The van der Waals surface area contributed by atoms with Crippen LogP contribution in [0.3, 0.4) is 0 Å². The van der Waals surface area contributed by atoms with Crippen LogP contribution in [0.15, 0.2) is 57.9 Å². The maximum absolute atomic E-state index is 10.2. The first kappa shape index (κ1) is 18.0. The fourth-order valence-electron chi connectivity index (χ4n) is 3.12. The molecule has 0 radical (unpaired) electrons. The molecule has 0 atom stereocenters. The summed E-state index contributed by atoms with van der Waals surface area (Å²) in [6, 6.07) is 15.4. The van der Waals surface area contributed by atoms with Gasteiger partial charge < -0.3 is 14.3 Å².